The Hall–Kier alpha value is -1.64. The van der Waals surface area contributed by atoms with Gasteiger partial charge in [0.2, 0.25) is 15.9 Å². The zero-order valence-corrected chi connectivity index (χ0v) is 12.0. The highest BCUT2D eigenvalue weighted by Crippen LogP contribution is 2.22. The van der Waals surface area contributed by atoms with Gasteiger partial charge in [-0.15, -0.1) is 0 Å². The molecule has 0 heterocycles. The lowest BCUT2D eigenvalue weighted by molar-refractivity contribution is -0.140. The lowest BCUT2D eigenvalue weighted by Gasteiger charge is -2.14. The van der Waals surface area contributed by atoms with Crippen LogP contribution >= 0.6 is 11.6 Å². The average molecular weight is 321 g/mol. The van der Waals surface area contributed by atoms with E-state index in [1.807, 2.05) is 4.72 Å². The van der Waals surface area contributed by atoms with Gasteiger partial charge in [-0.1, -0.05) is 17.7 Å². The van der Waals surface area contributed by atoms with E-state index in [2.05, 4.69) is 0 Å². The van der Waals surface area contributed by atoms with Crippen LogP contribution in [0.2, 0.25) is 5.02 Å². The molecule has 0 aliphatic rings. The minimum atomic E-state index is -4.17. The summed E-state index contributed by atoms with van der Waals surface area (Å²) in [5, 5.41) is 8.84. The molecular formula is C11H13ClN2O5S. The van der Waals surface area contributed by atoms with Gasteiger partial charge in [-0.3, -0.25) is 9.59 Å². The molecule has 1 amide bonds. The smallest absolute Gasteiger partial charge is 0.322 e. The van der Waals surface area contributed by atoms with E-state index < -0.39 is 34.4 Å². The van der Waals surface area contributed by atoms with Crippen LogP contribution in [0.1, 0.15) is 12.0 Å². The maximum atomic E-state index is 12.0. The highest BCUT2D eigenvalue weighted by atomic mass is 35.5. The molecule has 0 spiro atoms. The number of carbonyl (C=O) groups excluding carboxylic acids is 1. The number of aliphatic carboxylic acids is 1. The lowest BCUT2D eigenvalue weighted by Crippen LogP contribution is -2.43. The maximum absolute atomic E-state index is 12.0. The summed E-state index contributed by atoms with van der Waals surface area (Å²) in [5.74, 6) is -2.44. The van der Waals surface area contributed by atoms with Crippen LogP contribution in [0.5, 0.6) is 0 Å². The van der Waals surface area contributed by atoms with Gasteiger partial charge in [0.1, 0.15) is 10.9 Å². The SMILES string of the molecule is Cc1ccc(S(=O)(=O)NC(CC(N)=O)C(=O)O)c(Cl)c1. The molecule has 110 valence electrons. The van der Waals surface area contributed by atoms with Crippen molar-refractivity contribution in [3.05, 3.63) is 28.8 Å². The topological polar surface area (TPSA) is 127 Å². The van der Waals surface area contributed by atoms with Crippen molar-refractivity contribution in [2.24, 2.45) is 5.73 Å². The van der Waals surface area contributed by atoms with E-state index in [0.29, 0.717) is 0 Å². The molecule has 7 nitrogen and oxygen atoms in total. The Balaban J connectivity index is 3.09. The van der Waals surface area contributed by atoms with Gasteiger partial charge >= 0.3 is 5.97 Å². The predicted octanol–water partition coefficient (Wildman–Crippen LogP) is 0.255. The number of carboxylic acids is 1. The fraction of sp³-hybridized carbons (Fsp3) is 0.273. The van der Waals surface area contributed by atoms with Crippen LogP contribution in [-0.4, -0.2) is 31.4 Å². The summed E-state index contributed by atoms with van der Waals surface area (Å²) in [6.07, 6.45) is -0.655. The van der Waals surface area contributed by atoms with Crippen molar-refractivity contribution in [2.45, 2.75) is 24.3 Å². The number of halogens is 1. The van der Waals surface area contributed by atoms with E-state index in [1.165, 1.54) is 18.2 Å². The van der Waals surface area contributed by atoms with Gasteiger partial charge in [-0.05, 0) is 24.6 Å². The number of amides is 1. The summed E-state index contributed by atoms with van der Waals surface area (Å²) in [4.78, 5) is 21.4. The van der Waals surface area contributed by atoms with Crippen LogP contribution in [0.25, 0.3) is 0 Å². The fourth-order valence-corrected chi connectivity index (χ4v) is 3.24. The minimum absolute atomic E-state index is 0.0410. The van der Waals surface area contributed by atoms with Gasteiger partial charge < -0.3 is 10.8 Å². The Kier molecular flexibility index (Phi) is 5.09. The summed E-state index contributed by atoms with van der Waals surface area (Å²) >= 11 is 5.82. The molecule has 0 aliphatic carbocycles. The zero-order chi connectivity index (χ0) is 15.5. The summed E-state index contributed by atoms with van der Waals surface area (Å²) < 4.78 is 26.0. The van der Waals surface area contributed by atoms with Crippen molar-refractivity contribution in [3.63, 3.8) is 0 Å². The summed E-state index contributed by atoms with van der Waals surface area (Å²) in [6, 6.07) is 2.56. The van der Waals surface area contributed by atoms with Crippen molar-refractivity contribution in [1.82, 2.24) is 4.72 Å². The van der Waals surface area contributed by atoms with Gasteiger partial charge in [0.15, 0.2) is 0 Å². The quantitative estimate of drug-likeness (QED) is 0.692. The molecule has 4 N–H and O–H groups in total. The Bertz CT molecular complexity index is 644. The van der Waals surface area contributed by atoms with Crippen LogP contribution in [0.15, 0.2) is 23.1 Å². The third-order valence-electron chi connectivity index (χ3n) is 2.38. The van der Waals surface area contributed by atoms with Crippen LogP contribution < -0.4 is 10.5 Å². The fourth-order valence-electron chi connectivity index (χ4n) is 1.46. The summed E-state index contributed by atoms with van der Waals surface area (Å²) in [5.41, 5.74) is 5.63. The molecule has 0 saturated carbocycles. The number of carboxylic acid groups (broad SMARTS) is 1. The number of benzene rings is 1. The molecular weight excluding hydrogens is 308 g/mol. The Morgan fingerprint density at radius 3 is 2.50 bits per heavy atom. The third kappa shape index (κ3) is 4.19. The van der Waals surface area contributed by atoms with Crippen LogP contribution in [0.4, 0.5) is 0 Å². The number of nitrogens with one attached hydrogen (secondary N) is 1. The Morgan fingerprint density at radius 1 is 1.45 bits per heavy atom. The lowest BCUT2D eigenvalue weighted by atomic mass is 10.2. The van der Waals surface area contributed by atoms with Crippen molar-refractivity contribution >= 4 is 33.5 Å². The molecule has 0 aromatic heterocycles. The second-order valence-electron chi connectivity index (χ2n) is 4.12. The van der Waals surface area contributed by atoms with E-state index in [4.69, 9.17) is 22.4 Å². The number of carbonyl (C=O) groups is 2. The first kappa shape index (κ1) is 16.4. The predicted molar refractivity (Wildman–Crippen MR) is 71.7 cm³/mol. The molecule has 0 aliphatic heterocycles. The minimum Gasteiger partial charge on any atom is -0.480 e. The molecule has 1 aromatic carbocycles. The van der Waals surface area contributed by atoms with Crippen LogP contribution in [-0.2, 0) is 19.6 Å². The molecule has 0 bridgehead atoms. The van der Waals surface area contributed by atoms with Crippen molar-refractivity contribution in [3.8, 4) is 0 Å². The number of nitrogens with two attached hydrogens (primary N) is 1. The second kappa shape index (κ2) is 6.21. The van der Waals surface area contributed by atoms with E-state index >= 15 is 0 Å². The number of primary amides is 1. The van der Waals surface area contributed by atoms with Crippen molar-refractivity contribution < 1.29 is 23.1 Å². The molecule has 0 saturated heterocycles. The largest absolute Gasteiger partial charge is 0.480 e. The van der Waals surface area contributed by atoms with Gasteiger partial charge in [0.25, 0.3) is 0 Å². The first-order valence-corrected chi connectivity index (χ1v) is 7.29. The number of sulfonamides is 1. The molecule has 1 aromatic rings. The number of hydrogen-bond donors (Lipinski definition) is 3. The number of hydrogen-bond acceptors (Lipinski definition) is 4. The van der Waals surface area contributed by atoms with Gasteiger partial charge in [-0.25, -0.2) is 8.42 Å². The molecule has 20 heavy (non-hydrogen) atoms. The number of aryl methyl sites for hydroxylation is 1. The second-order valence-corrected chi connectivity index (χ2v) is 6.21. The van der Waals surface area contributed by atoms with E-state index in [-0.39, 0.29) is 9.92 Å². The number of rotatable bonds is 6. The molecule has 1 atom stereocenters. The molecule has 0 radical (unpaired) electrons. The van der Waals surface area contributed by atoms with Crippen molar-refractivity contribution in [2.75, 3.05) is 0 Å². The van der Waals surface area contributed by atoms with Crippen molar-refractivity contribution in [1.29, 1.82) is 0 Å². The zero-order valence-electron chi connectivity index (χ0n) is 10.5. The first-order chi connectivity index (χ1) is 9.13. The van der Waals surface area contributed by atoms with Crippen LogP contribution in [0.3, 0.4) is 0 Å². The van der Waals surface area contributed by atoms with E-state index in [1.54, 1.807) is 6.92 Å². The standard InChI is InChI=1S/C11H13ClN2O5S/c1-6-2-3-9(7(12)4-6)20(18,19)14-8(11(16)17)5-10(13)15/h2-4,8,14H,5H2,1H3,(H2,13,15)(H,16,17). The highest BCUT2D eigenvalue weighted by Gasteiger charge is 2.28. The van der Waals surface area contributed by atoms with Gasteiger partial charge in [0.05, 0.1) is 11.4 Å². The molecule has 9 heteroatoms. The van der Waals surface area contributed by atoms with Gasteiger partial charge in [-0.2, -0.15) is 4.72 Å². The molecule has 0 fully saturated rings. The average Bonchev–Trinajstić information content (AvgIpc) is 2.26. The summed E-state index contributed by atoms with van der Waals surface area (Å²) in [6.45, 7) is 1.73. The summed E-state index contributed by atoms with van der Waals surface area (Å²) in [7, 11) is -4.17. The molecule has 1 rings (SSSR count). The maximum Gasteiger partial charge on any atom is 0.322 e. The Labute approximate surface area is 120 Å². The monoisotopic (exact) mass is 320 g/mol. The van der Waals surface area contributed by atoms with Crippen LogP contribution in [0, 0.1) is 6.92 Å². The highest BCUT2D eigenvalue weighted by molar-refractivity contribution is 7.89. The van der Waals surface area contributed by atoms with E-state index in [0.717, 1.165) is 5.56 Å². The van der Waals surface area contributed by atoms with E-state index in [9.17, 15) is 18.0 Å². The molecule has 1 unspecified atom stereocenters. The first-order valence-electron chi connectivity index (χ1n) is 5.43. The third-order valence-corrected chi connectivity index (χ3v) is 4.33. The van der Waals surface area contributed by atoms with Gasteiger partial charge in [0, 0.05) is 0 Å². The normalized spacial score (nSPS) is 12.9. The Morgan fingerprint density at radius 2 is 2.05 bits per heavy atom.